The average Bonchev–Trinajstić information content (AvgIpc) is 2.24. The van der Waals surface area contributed by atoms with Gasteiger partial charge in [-0.3, -0.25) is 4.99 Å². The van der Waals surface area contributed by atoms with Crippen LogP contribution < -0.4 is 11.1 Å². The summed E-state index contributed by atoms with van der Waals surface area (Å²) in [7, 11) is 1.75. The van der Waals surface area contributed by atoms with Crippen molar-refractivity contribution in [2.24, 2.45) is 16.1 Å². The normalized spacial score (nSPS) is 17.8. The van der Waals surface area contributed by atoms with Crippen molar-refractivity contribution in [1.82, 2.24) is 5.32 Å². The van der Waals surface area contributed by atoms with Gasteiger partial charge < -0.3 is 15.8 Å². The Kier molecular flexibility index (Phi) is 8.59. The number of methoxy groups -OCH3 is 1. The molecule has 0 bridgehead atoms. The van der Waals surface area contributed by atoms with Crippen LogP contribution in [0.3, 0.4) is 0 Å². The molecule has 0 aromatic carbocycles. The lowest BCUT2D eigenvalue weighted by Gasteiger charge is -2.40. The van der Waals surface area contributed by atoms with E-state index in [0.29, 0.717) is 17.9 Å². The fourth-order valence-electron chi connectivity index (χ4n) is 1.97. The fourth-order valence-corrected chi connectivity index (χ4v) is 1.97. The molecule has 17 heavy (non-hydrogen) atoms. The van der Waals surface area contributed by atoms with Crippen molar-refractivity contribution >= 4 is 29.9 Å². The second kappa shape index (κ2) is 8.74. The first kappa shape index (κ1) is 16.7. The molecule has 1 aliphatic rings. The Bertz CT molecular complexity index is 252. The predicted molar refractivity (Wildman–Crippen MR) is 82.9 cm³/mol. The molecule has 0 aromatic rings. The summed E-state index contributed by atoms with van der Waals surface area (Å²) in [5.41, 5.74) is 6.08. The van der Waals surface area contributed by atoms with E-state index >= 15 is 0 Å². The van der Waals surface area contributed by atoms with Gasteiger partial charge in [0.2, 0.25) is 0 Å². The third-order valence-corrected chi connectivity index (χ3v) is 3.26. The van der Waals surface area contributed by atoms with Crippen molar-refractivity contribution in [1.29, 1.82) is 0 Å². The van der Waals surface area contributed by atoms with E-state index in [4.69, 9.17) is 10.5 Å². The summed E-state index contributed by atoms with van der Waals surface area (Å²) in [6, 6.07) is 0. The van der Waals surface area contributed by atoms with E-state index in [1.807, 2.05) is 0 Å². The minimum atomic E-state index is 0. The van der Waals surface area contributed by atoms with E-state index < -0.39 is 0 Å². The summed E-state index contributed by atoms with van der Waals surface area (Å²) >= 11 is 0. The van der Waals surface area contributed by atoms with Crippen molar-refractivity contribution in [2.45, 2.75) is 25.7 Å². The van der Waals surface area contributed by atoms with Crippen LogP contribution in [-0.4, -0.2) is 32.8 Å². The Labute approximate surface area is 121 Å². The standard InChI is InChI=1S/C12H23N3O.HI/c1-3-8-14-11(13)15-10-12(5-4-6-12)7-9-16-2;/h3H,1,4-10H2,2H3,(H3,13,14,15);1H. The van der Waals surface area contributed by atoms with Crippen LogP contribution >= 0.6 is 24.0 Å². The highest BCUT2D eigenvalue weighted by molar-refractivity contribution is 14.0. The van der Waals surface area contributed by atoms with Crippen LogP contribution in [0.2, 0.25) is 0 Å². The number of nitrogens with two attached hydrogens (primary N) is 1. The van der Waals surface area contributed by atoms with Crippen molar-refractivity contribution in [3.63, 3.8) is 0 Å². The summed E-state index contributed by atoms with van der Waals surface area (Å²) in [6.07, 6.45) is 6.65. The first-order valence-electron chi connectivity index (χ1n) is 5.86. The maximum Gasteiger partial charge on any atom is 0.188 e. The monoisotopic (exact) mass is 353 g/mol. The van der Waals surface area contributed by atoms with Crippen LogP contribution in [0.4, 0.5) is 0 Å². The number of ether oxygens (including phenoxy) is 1. The maximum absolute atomic E-state index is 5.73. The van der Waals surface area contributed by atoms with Crippen molar-refractivity contribution in [3.05, 3.63) is 12.7 Å². The van der Waals surface area contributed by atoms with Gasteiger partial charge in [-0.15, -0.1) is 30.6 Å². The zero-order valence-corrected chi connectivity index (χ0v) is 12.9. The molecule has 5 heteroatoms. The molecule has 0 atom stereocenters. The predicted octanol–water partition coefficient (Wildman–Crippen LogP) is 1.90. The summed E-state index contributed by atoms with van der Waals surface area (Å²) in [5, 5.41) is 2.99. The Morgan fingerprint density at radius 1 is 1.59 bits per heavy atom. The van der Waals surface area contributed by atoms with Crippen LogP contribution in [0.5, 0.6) is 0 Å². The fraction of sp³-hybridized carbons (Fsp3) is 0.750. The Hall–Kier alpha value is -0.300. The van der Waals surface area contributed by atoms with Crippen molar-refractivity contribution in [3.8, 4) is 0 Å². The largest absolute Gasteiger partial charge is 0.385 e. The molecule has 1 saturated carbocycles. The maximum atomic E-state index is 5.73. The van der Waals surface area contributed by atoms with Gasteiger partial charge in [-0.25, -0.2) is 0 Å². The van der Waals surface area contributed by atoms with Gasteiger partial charge in [0, 0.05) is 26.8 Å². The number of nitrogens with one attached hydrogen (secondary N) is 1. The lowest BCUT2D eigenvalue weighted by atomic mass is 9.67. The molecule has 0 unspecified atom stereocenters. The van der Waals surface area contributed by atoms with E-state index in [0.717, 1.165) is 19.6 Å². The van der Waals surface area contributed by atoms with Gasteiger partial charge in [-0.2, -0.15) is 0 Å². The molecule has 0 amide bonds. The quantitative estimate of drug-likeness (QED) is 0.318. The highest BCUT2D eigenvalue weighted by Crippen LogP contribution is 2.44. The SMILES string of the molecule is C=CCNC(N)=NCC1(CCOC)CCC1.I. The molecule has 0 heterocycles. The zero-order valence-electron chi connectivity index (χ0n) is 10.6. The molecule has 0 aromatic heterocycles. The van der Waals surface area contributed by atoms with Gasteiger partial charge >= 0.3 is 0 Å². The molecular formula is C12H24IN3O. The molecule has 3 N–H and O–H groups in total. The van der Waals surface area contributed by atoms with E-state index in [1.165, 1.54) is 19.3 Å². The summed E-state index contributed by atoms with van der Waals surface area (Å²) in [4.78, 5) is 4.39. The second-order valence-corrected chi connectivity index (χ2v) is 4.47. The number of halogens is 1. The Morgan fingerprint density at radius 3 is 2.76 bits per heavy atom. The molecule has 1 rings (SSSR count). The third-order valence-electron chi connectivity index (χ3n) is 3.26. The molecule has 0 aliphatic heterocycles. The summed E-state index contributed by atoms with van der Waals surface area (Å²) < 4.78 is 5.14. The topological polar surface area (TPSA) is 59.6 Å². The molecule has 1 fully saturated rings. The van der Waals surface area contributed by atoms with E-state index in [-0.39, 0.29) is 24.0 Å². The van der Waals surface area contributed by atoms with E-state index in [9.17, 15) is 0 Å². The summed E-state index contributed by atoms with van der Waals surface area (Å²) in [6.45, 7) is 5.91. The van der Waals surface area contributed by atoms with Gasteiger partial charge in [0.05, 0.1) is 0 Å². The molecular weight excluding hydrogens is 329 g/mol. The smallest absolute Gasteiger partial charge is 0.188 e. The van der Waals surface area contributed by atoms with Gasteiger partial charge in [0.15, 0.2) is 5.96 Å². The van der Waals surface area contributed by atoms with Crippen LogP contribution in [0, 0.1) is 5.41 Å². The highest BCUT2D eigenvalue weighted by Gasteiger charge is 2.36. The minimum absolute atomic E-state index is 0. The van der Waals surface area contributed by atoms with E-state index in [1.54, 1.807) is 13.2 Å². The Balaban J connectivity index is 0.00000256. The lowest BCUT2D eigenvalue weighted by molar-refractivity contribution is 0.0779. The van der Waals surface area contributed by atoms with Crippen molar-refractivity contribution < 1.29 is 4.74 Å². The average molecular weight is 353 g/mol. The number of guanidine groups is 1. The first-order chi connectivity index (χ1) is 7.72. The van der Waals surface area contributed by atoms with Gasteiger partial charge in [0.1, 0.15) is 0 Å². The zero-order chi connectivity index (χ0) is 11.9. The van der Waals surface area contributed by atoms with Crippen LogP contribution in [0.25, 0.3) is 0 Å². The number of hydrogen-bond acceptors (Lipinski definition) is 2. The lowest BCUT2D eigenvalue weighted by Crippen LogP contribution is -2.37. The molecule has 100 valence electrons. The van der Waals surface area contributed by atoms with Gasteiger partial charge in [-0.1, -0.05) is 12.5 Å². The molecule has 4 nitrogen and oxygen atoms in total. The second-order valence-electron chi connectivity index (χ2n) is 4.47. The third kappa shape index (κ3) is 5.72. The number of hydrogen-bond donors (Lipinski definition) is 2. The number of aliphatic imine (C=N–C) groups is 1. The molecule has 0 spiro atoms. The highest BCUT2D eigenvalue weighted by atomic mass is 127. The number of rotatable bonds is 7. The van der Waals surface area contributed by atoms with Gasteiger partial charge in [-0.05, 0) is 24.7 Å². The van der Waals surface area contributed by atoms with Crippen LogP contribution in [0.1, 0.15) is 25.7 Å². The van der Waals surface area contributed by atoms with Crippen LogP contribution in [-0.2, 0) is 4.74 Å². The van der Waals surface area contributed by atoms with Gasteiger partial charge in [0.25, 0.3) is 0 Å². The number of nitrogens with zero attached hydrogens (tertiary/aromatic N) is 1. The summed E-state index contributed by atoms with van der Waals surface area (Å²) in [5.74, 6) is 0.517. The van der Waals surface area contributed by atoms with Crippen LogP contribution in [0.15, 0.2) is 17.6 Å². The van der Waals surface area contributed by atoms with E-state index in [2.05, 4.69) is 16.9 Å². The molecule has 0 saturated heterocycles. The Morgan fingerprint density at radius 2 is 2.29 bits per heavy atom. The minimum Gasteiger partial charge on any atom is -0.385 e. The van der Waals surface area contributed by atoms with Crippen molar-refractivity contribution in [2.75, 3.05) is 26.8 Å². The first-order valence-corrected chi connectivity index (χ1v) is 5.86. The molecule has 0 radical (unpaired) electrons. The molecule has 1 aliphatic carbocycles.